The van der Waals surface area contributed by atoms with Crippen molar-refractivity contribution in [2.45, 2.75) is 25.8 Å². The number of nitrogens with one attached hydrogen (secondary N) is 1. The van der Waals surface area contributed by atoms with Crippen molar-refractivity contribution in [3.8, 4) is 0 Å². The van der Waals surface area contributed by atoms with Crippen LogP contribution < -0.4 is 5.32 Å². The van der Waals surface area contributed by atoms with Crippen LogP contribution >= 0.6 is 11.6 Å². The summed E-state index contributed by atoms with van der Waals surface area (Å²) in [5.74, 6) is 1.24. The first kappa shape index (κ1) is 14.9. The van der Waals surface area contributed by atoms with Crippen LogP contribution in [0.1, 0.15) is 31.4 Å². The molecule has 1 amide bonds. The summed E-state index contributed by atoms with van der Waals surface area (Å²) in [6.45, 7) is 2.14. The number of nitrogens with zero attached hydrogens (tertiary/aromatic N) is 2. The van der Waals surface area contributed by atoms with Gasteiger partial charge in [-0.25, -0.2) is 4.68 Å². The van der Waals surface area contributed by atoms with E-state index in [-0.39, 0.29) is 5.91 Å². The molecule has 1 atom stereocenters. The smallest absolute Gasteiger partial charge is 0.249 e. The van der Waals surface area contributed by atoms with Gasteiger partial charge in [-0.2, -0.15) is 5.10 Å². The Morgan fingerprint density at radius 2 is 2.27 bits per heavy atom. The van der Waals surface area contributed by atoms with Crippen LogP contribution in [0.4, 0.5) is 5.82 Å². The van der Waals surface area contributed by atoms with Gasteiger partial charge in [-0.05, 0) is 49.5 Å². The average Bonchev–Trinajstić information content (AvgIpc) is 3.25. The van der Waals surface area contributed by atoms with E-state index in [1.54, 1.807) is 18.3 Å². The lowest BCUT2D eigenvalue weighted by molar-refractivity contribution is -0.111. The first-order valence-corrected chi connectivity index (χ1v) is 7.79. The van der Waals surface area contributed by atoms with Gasteiger partial charge in [0, 0.05) is 17.2 Å². The predicted octanol–water partition coefficient (Wildman–Crippen LogP) is 4.16. The molecule has 1 aromatic heterocycles. The van der Waals surface area contributed by atoms with Gasteiger partial charge < -0.3 is 5.32 Å². The summed E-state index contributed by atoms with van der Waals surface area (Å²) in [5.41, 5.74) is 0.891. The molecule has 0 radical (unpaired) electrons. The SMILES string of the molecule is CC(C1CC1)n1nccc1NC(=O)/C=C/c1cccc(Cl)c1. The molecule has 3 rings (SSSR count). The Morgan fingerprint density at radius 1 is 1.45 bits per heavy atom. The number of anilines is 1. The highest BCUT2D eigenvalue weighted by Gasteiger charge is 2.30. The lowest BCUT2D eigenvalue weighted by Crippen LogP contribution is -2.16. The van der Waals surface area contributed by atoms with Crippen molar-refractivity contribution in [2.75, 3.05) is 5.32 Å². The van der Waals surface area contributed by atoms with E-state index in [0.29, 0.717) is 17.0 Å². The highest BCUT2D eigenvalue weighted by molar-refractivity contribution is 6.30. The number of amides is 1. The van der Waals surface area contributed by atoms with Crippen LogP contribution in [0, 0.1) is 5.92 Å². The first-order chi connectivity index (χ1) is 10.6. The molecule has 0 spiro atoms. The maximum Gasteiger partial charge on any atom is 0.249 e. The summed E-state index contributed by atoms with van der Waals surface area (Å²) in [6.07, 6.45) is 7.44. The van der Waals surface area contributed by atoms with Gasteiger partial charge in [0.2, 0.25) is 5.91 Å². The zero-order chi connectivity index (χ0) is 15.5. The minimum atomic E-state index is -0.176. The predicted molar refractivity (Wildman–Crippen MR) is 88.8 cm³/mol. The van der Waals surface area contributed by atoms with Gasteiger partial charge in [-0.1, -0.05) is 23.7 Å². The number of carbonyl (C=O) groups excluding carboxylic acids is 1. The normalized spacial score (nSPS) is 15.9. The van der Waals surface area contributed by atoms with E-state index in [4.69, 9.17) is 11.6 Å². The van der Waals surface area contributed by atoms with Gasteiger partial charge >= 0.3 is 0 Å². The quantitative estimate of drug-likeness (QED) is 0.842. The molecule has 5 heteroatoms. The zero-order valence-corrected chi connectivity index (χ0v) is 13.1. The molecular weight excluding hydrogens is 298 g/mol. The minimum absolute atomic E-state index is 0.176. The van der Waals surface area contributed by atoms with Gasteiger partial charge in [0.15, 0.2) is 0 Å². The molecule has 2 aromatic rings. The molecular formula is C17H18ClN3O. The second-order valence-electron chi connectivity index (χ2n) is 5.62. The third kappa shape index (κ3) is 3.57. The number of rotatable bonds is 5. The summed E-state index contributed by atoms with van der Waals surface area (Å²) in [7, 11) is 0. The highest BCUT2D eigenvalue weighted by Crippen LogP contribution is 2.40. The van der Waals surface area contributed by atoms with Gasteiger partial charge in [0.1, 0.15) is 5.82 Å². The fourth-order valence-electron chi connectivity index (χ4n) is 2.47. The van der Waals surface area contributed by atoms with Crippen molar-refractivity contribution >= 4 is 29.4 Å². The molecule has 1 heterocycles. The third-order valence-electron chi connectivity index (χ3n) is 3.89. The number of aromatic nitrogens is 2. The Morgan fingerprint density at radius 3 is 3.00 bits per heavy atom. The molecule has 1 unspecified atom stereocenters. The first-order valence-electron chi connectivity index (χ1n) is 7.41. The van der Waals surface area contributed by atoms with E-state index in [2.05, 4.69) is 17.3 Å². The molecule has 1 saturated carbocycles. The maximum atomic E-state index is 12.1. The zero-order valence-electron chi connectivity index (χ0n) is 12.4. The van der Waals surface area contributed by atoms with Crippen molar-refractivity contribution in [3.63, 3.8) is 0 Å². The van der Waals surface area contributed by atoms with Gasteiger partial charge in [0.25, 0.3) is 0 Å². The van der Waals surface area contributed by atoms with Gasteiger partial charge in [-0.3, -0.25) is 4.79 Å². The van der Waals surface area contributed by atoms with E-state index in [0.717, 1.165) is 11.4 Å². The van der Waals surface area contributed by atoms with Crippen LogP contribution in [-0.4, -0.2) is 15.7 Å². The van der Waals surface area contributed by atoms with Crippen LogP contribution in [0.25, 0.3) is 6.08 Å². The standard InChI is InChI=1S/C17H18ClN3O/c1-12(14-6-7-14)21-16(9-10-19-21)20-17(22)8-5-13-3-2-4-15(18)11-13/h2-5,8-12,14H,6-7H2,1H3,(H,20,22)/b8-5+. The number of hydrogen-bond acceptors (Lipinski definition) is 2. The lowest BCUT2D eigenvalue weighted by atomic mass is 10.2. The summed E-state index contributed by atoms with van der Waals surface area (Å²) < 4.78 is 1.89. The minimum Gasteiger partial charge on any atom is -0.307 e. The fraction of sp³-hybridized carbons (Fsp3) is 0.294. The van der Waals surface area contributed by atoms with Crippen molar-refractivity contribution in [1.82, 2.24) is 9.78 Å². The summed E-state index contributed by atoms with van der Waals surface area (Å²) in [4.78, 5) is 12.1. The molecule has 1 aliphatic rings. The molecule has 0 bridgehead atoms. The molecule has 0 aliphatic heterocycles. The molecule has 1 aliphatic carbocycles. The van der Waals surface area contributed by atoms with Crippen molar-refractivity contribution < 1.29 is 4.79 Å². The maximum absolute atomic E-state index is 12.1. The average molecular weight is 316 g/mol. The summed E-state index contributed by atoms with van der Waals surface area (Å²) in [6, 6.07) is 9.51. The molecule has 114 valence electrons. The number of benzene rings is 1. The summed E-state index contributed by atoms with van der Waals surface area (Å²) in [5, 5.41) is 7.85. The van der Waals surface area contributed by atoms with E-state index < -0.39 is 0 Å². The molecule has 0 saturated heterocycles. The monoisotopic (exact) mass is 315 g/mol. The van der Waals surface area contributed by atoms with E-state index in [1.165, 1.54) is 18.9 Å². The van der Waals surface area contributed by atoms with Gasteiger partial charge in [-0.15, -0.1) is 0 Å². The molecule has 4 nitrogen and oxygen atoms in total. The number of hydrogen-bond donors (Lipinski definition) is 1. The summed E-state index contributed by atoms with van der Waals surface area (Å²) >= 11 is 5.92. The Labute approximate surface area is 134 Å². The van der Waals surface area contributed by atoms with E-state index in [1.807, 2.05) is 28.9 Å². The number of halogens is 1. The topological polar surface area (TPSA) is 46.9 Å². The van der Waals surface area contributed by atoms with Crippen LogP contribution in [0.15, 0.2) is 42.6 Å². The molecule has 1 fully saturated rings. The second kappa shape index (κ2) is 6.36. The van der Waals surface area contributed by atoms with Crippen LogP contribution in [0.3, 0.4) is 0 Å². The van der Waals surface area contributed by atoms with Gasteiger partial charge in [0.05, 0.1) is 12.2 Å². The third-order valence-corrected chi connectivity index (χ3v) is 4.12. The van der Waals surface area contributed by atoms with Crippen LogP contribution in [0.5, 0.6) is 0 Å². The highest BCUT2D eigenvalue weighted by atomic mass is 35.5. The van der Waals surface area contributed by atoms with E-state index >= 15 is 0 Å². The largest absolute Gasteiger partial charge is 0.307 e. The van der Waals surface area contributed by atoms with Crippen molar-refractivity contribution in [2.24, 2.45) is 5.92 Å². The van der Waals surface area contributed by atoms with Crippen LogP contribution in [-0.2, 0) is 4.79 Å². The second-order valence-corrected chi connectivity index (χ2v) is 6.05. The number of carbonyl (C=O) groups is 1. The Hall–Kier alpha value is -2.07. The lowest BCUT2D eigenvalue weighted by Gasteiger charge is -2.14. The van der Waals surface area contributed by atoms with Crippen molar-refractivity contribution in [1.29, 1.82) is 0 Å². The molecule has 1 aromatic carbocycles. The Balaban J connectivity index is 1.66. The van der Waals surface area contributed by atoms with E-state index in [9.17, 15) is 4.79 Å². The van der Waals surface area contributed by atoms with Crippen LogP contribution in [0.2, 0.25) is 5.02 Å². The Bertz CT molecular complexity index is 703. The molecule has 1 N–H and O–H groups in total. The Kier molecular flexibility index (Phi) is 4.29. The van der Waals surface area contributed by atoms with Crippen molar-refractivity contribution in [3.05, 3.63) is 53.2 Å². The fourth-order valence-corrected chi connectivity index (χ4v) is 2.66. The molecule has 22 heavy (non-hydrogen) atoms.